The molecule has 0 aliphatic rings. The van der Waals surface area contributed by atoms with Crippen molar-refractivity contribution in [2.24, 2.45) is 0 Å². The van der Waals surface area contributed by atoms with Crippen LogP contribution in [0.1, 0.15) is 13.8 Å². The fourth-order valence-corrected chi connectivity index (χ4v) is 3.45. The lowest BCUT2D eigenvalue weighted by Crippen LogP contribution is -1.91. The molecule has 30 heavy (non-hydrogen) atoms. The molecule has 0 bridgehead atoms. The second kappa shape index (κ2) is 8.21. The van der Waals surface area contributed by atoms with E-state index in [-0.39, 0.29) is 11.5 Å². The summed E-state index contributed by atoms with van der Waals surface area (Å²) in [6.07, 6.45) is 0. The molecule has 2 aromatic heterocycles. The van der Waals surface area contributed by atoms with Crippen molar-refractivity contribution in [2.45, 2.75) is 13.8 Å². The van der Waals surface area contributed by atoms with Gasteiger partial charge in [0.15, 0.2) is 0 Å². The first-order chi connectivity index (χ1) is 14.7. The topological polar surface area (TPSA) is 66.2 Å². The molecule has 0 amide bonds. The van der Waals surface area contributed by atoms with E-state index in [2.05, 4.69) is 0 Å². The molecule has 0 spiro atoms. The Bertz CT molecular complexity index is 1240. The zero-order valence-electron chi connectivity index (χ0n) is 16.9. The Balaban J connectivity index is 0.00000106. The van der Waals surface area contributed by atoms with Crippen LogP contribution in [0, 0.1) is 0 Å². The van der Waals surface area contributed by atoms with Crippen molar-refractivity contribution in [3.8, 4) is 34.0 Å². The molecular weight excluding hydrogens is 372 g/mol. The number of phenolic OH excluding ortho intramolecular Hbond substituents is 2. The molecule has 0 aliphatic carbocycles. The molecule has 0 unspecified atom stereocenters. The van der Waals surface area contributed by atoms with Gasteiger partial charge in [0.25, 0.3) is 0 Å². The third kappa shape index (κ3) is 3.44. The van der Waals surface area contributed by atoms with Crippen molar-refractivity contribution >= 4 is 21.8 Å². The number of phenols is 2. The van der Waals surface area contributed by atoms with Gasteiger partial charge in [-0.25, -0.2) is 9.97 Å². The SMILES string of the molecule is CC.Oc1ccccc1-c1ccc2ccc3ccc(-c4ccccc4O)nc3c2n1. The van der Waals surface area contributed by atoms with E-state index in [1.54, 1.807) is 24.3 Å². The smallest absolute Gasteiger partial charge is 0.124 e. The normalized spacial score (nSPS) is 10.6. The molecule has 4 nitrogen and oxygen atoms in total. The van der Waals surface area contributed by atoms with E-state index < -0.39 is 0 Å². The summed E-state index contributed by atoms with van der Waals surface area (Å²) in [5.74, 6) is 0.384. The van der Waals surface area contributed by atoms with Crippen LogP contribution >= 0.6 is 0 Å². The molecule has 0 radical (unpaired) electrons. The number of hydrogen-bond acceptors (Lipinski definition) is 4. The fourth-order valence-electron chi connectivity index (χ4n) is 3.45. The van der Waals surface area contributed by atoms with Crippen LogP contribution in [0.3, 0.4) is 0 Å². The van der Waals surface area contributed by atoms with Gasteiger partial charge in [-0.2, -0.15) is 0 Å². The molecule has 0 saturated carbocycles. The summed E-state index contributed by atoms with van der Waals surface area (Å²) in [6.45, 7) is 4.00. The van der Waals surface area contributed by atoms with E-state index in [0.29, 0.717) is 22.5 Å². The molecule has 3 aromatic carbocycles. The van der Waals surface area contributed by atoms with Gasteiger partial charge in [0.05, 0.1) is 22.4 Å². The number of pyridine rings is 2. The van der Waals surface area contributed by atoms with Crippen LogP contribution in [0.25, 0.3) is 44.3 Å². The second-order valence-electron chi connectivity index (χ2n) is 6.64. The molecule has 5 rings (SSSR count). The lowest BCUT2D eigenvalue weighted by molar-refractivity contribution is 0.476. The summed E-state index contributed by atoms with van der Waals surface area (Å²) in [4.78, 5) is 9.61. The highest BCUT2D eigenvalue weighted by Crippen LogP contribution is 2.33. The summed E-state index contributed by atoms with van der Waals surface area (Å²) in [6, 6.07) is 26.1. The van der Waals surface area contributed by atoms with Gasteiger partial charge < -0.3 is 10.2 Å². The molecule has 5 aromatic rings. The van der Waals surface area contributed by atoms with Crippen LogP contribution in [0.4, 0.5) is 0 Å². The van der Waals surface area contributed by atoms with E-state index in [1.807, 2.05) is 74.5 Å². The highest BCUT2D eigenvalue weighted by atomic mass is 16.3. The predicted molar refractivity (Wildman–Crippen MR) is 123 cm³/mol. The minimum Gasteiger partial charge on any atom is -0.507 e. The zero-order chi connectivity index (χ0) is 21.1. The number of nitrogens with zero attached hydrogens (tertiary/aromatic N) is 2. The van der Waals surface area contributed by atoms with E-state index >= 15 is 0 Å². The van der Waals surface area contributed by atoms with E-state index in [9.17, 15) is 10.2 Å². The summed E-state index contributed by atoms with van der Waals surface area (Å²) in [5.41, 5.74) is 4.25. The van der Waals surface area contributed by atoms with Gasteiger partial charge in [0.1, 0.15) is 11.5 Å². The number of hydrogen-bond donors (Lipinski definition) is 2. The van der Waals surface area contributed by atoms with Gasteiger partial charge >= 0.3 is 0 Å². The Labute approximate surface area is 175 Å². The molecule has 0 atom stereocenters. The summed E-state index contributed by atoms with van der Waals surface area (Å²) in [5, 5.41) is 22.3. The maximum Gasteiger partial charge on any atom is 0.124 e. The number of benzene rings is 3. The maximum atomic E-state index is 10.2. The molecule has 2 heterocycles. The Morgan fingerprint density at radius 2 is 0.867 bits per heavy atom. The quantitative estimate of drug-likeness (QED) is 0.333. The second-order valence-corrected chi connectivity index (χ2v) is 6.64. The van der Waals surface area contributed by atoms with Gasteiger partial charge in [-0.15, -0.1) is 0 Å². The molecular formula is C26H22N2O2. The standard InChI is InChI=1S/C24H16N2O2.C2H6/c27-21-7-3-1-5-17(21)19-13-11-15-9-10-16-12-14-20(26-24(16)23(15)25-19)18-6-2-4-8-22(18)28;1-2/h1-14,27-28H;1-2H3. The Morgan fingerprint density at radius 3 is 1.27 bits per heavy atom. The van der Waals surface area contributed by atoms with Crippen LogP contribution in [-0.2, 0) is 0 Å². The highest BCUT2D eigenvalue weighted by Gasteiger charge is 2.11. The van der Waals surface area contributed by atoms with Crippen LogP contribution in [0.15, 0.2) is 84.9 Å². The average molecular weight is 394 g/mol. The van der Waals surface area contributed by atoms with Crippen molar-refractivity contribution in [3.63, 3.8) is 0 Å². The minimum absolute atomic E-state index is 0.192. The average Bonchev–Trinajstić information content (AvgIpc) is 2.80. The maximum absolute atomic E-state index is 10.2. The predicted octanol–water partition coefficient (Wildman–Crippen LogP) is 6.55. The van der Waals surface area contributed by atoms with Crippen LogP contribution in [0.5, 0.6) is 11.5 Å². The number of aromatic hydroxyl groups is 2. The molecule has 0 saturated heterocycles. The third-order valence-electron chi connectivity index (χ3n) is 4.88. The number of aromatic nitrogens is 2. The van der Waals surface area contributed by atoms with Crippen molar-refractivity contribution in [2.75, 3.05) is 0 Å². The first kappa shape index (κ1) is 19.4. The van der Waals surface area contributed by atoms with Crippen molar-refractivity contribution in [3.05, 3.63) is 84.9 Å². The van der Waals surface area contributed by atoms with E-state index in [4.69, 9.17) is 9.97 Å². The lowest BCUT2D eigenvalue weighted by atomic mass is 10.0. The molecule has 0 fully saturated rings. The molecule has 4 heteroatoms. The monoisotopic (exact) mass is 394 g/mol. The van der Waals surface area contributed by atoms with Gasteiger partial charge in [-0.3, -0.25) is 0 Å². The minimum atomic E-state index is 0.192. The lowest BCUT2D eigenvalue weighted by Gasteiger charge is -2.09. The Kier molecular flexibility index (Phi) is 5.31. The van der Waals surface area contributed by atoms with Crippen molar-refractivity contribution < 1.29 is 10.2 Å². The van der Waals surface area contributed by atoms with E-state index in [0.717, 1.165) is 21.8 Å². The van der Waals surface area contributed by atoms with Gasteiger partial charge in [0, 0.05) is 21.9 Å². The molecule has 148 valence electrons. The van der Waals surface area contributed by atoms with Crippen molar-refractivity contribution in [1.29, 1.82) is 0 Å². The van der Waals surface area contributed by atoms with Gasteiger partial charge in [0.2, 0.25) is 0 Å². The largest absolute Gasteiger partial charge is 0.507 e. The van der Waals surface area contributed by atoms with Crippen molar-refractivity contribution in [1.82, 2.24) is 9.97 Å². The molecule has 0 aliphatic heterocycles. The summed E-state index contributed by atoms with van der Waals surface area (Å²) >= 11 is 0. The third-order valence-corrected chi connectivity index (χ3v) is 4.88. The number of para-hydroxylation sites is 2. The Hall–Kier alpha value is -3.92. The van der Waals surface area contributed by atoms with Gasteiger partial charge in [-0.05, 0) is 36.4 Å². The number of fused-ring (bicyclic) bond motifs is 3. The number of rotatable bonds is 2. The van der Waals surface area contributed by atoms with Gasteiger partial charge in [-0.1, -0.05) is 62.4 Å². The summed E-state index contributed by atoms with van der Waals surface area (Å²) < 4.78 is 0. The molecule has 2 N–H and O–H groups in total. The van der Waals surface area contributed by atoms with Crippen LogP contribution in [-0.4, -0.2) is 20.2 Å². The van der Waals surface area contributed by atoms with E-state index in [1.165, 1.54) is 0 Å². The van der Waals surface area contributed by atoms with Crippen LogP contribution in [0.2, 0.25) is 0 Å². The fraction of sp³-hybridized carbons (Fsp3) is 0.0769. The Morgan fingerprint density at radius 1 is 0.500 bits per heavy atom. The highest BCUT2D eigenvalue weighted by molar-refractivity contribution is 6.04. The summed E-state index contributed by atoms with van der Waals surface area (Å²) in [7, 11) is 0. The van der Waals surface area contributed by atoms with Crippen LogP contribution < -0.4 is 0 Å². The first-order valence-corrected chi connectivity index (χ1v) is 9.98. The zero-order valence-corrected chi connectivity index (χ0v) is 16.9. The first-order valence-electron chi connectivity index (χ1n) is 9.98.